The molecule has 0 aromatic heterocycles. The maximum Gasteiger partial charge on any atom is 0.318 e. The summed E-state index contributed by atoms with van der Waals surface area (Å²) >= 11 is 0. The first-order valence-electron chi connectivity index (χ1n) is 12.7. The highest BCUT2D eigenvalue weighted by Gasteiger charge is 2.20. The van der Waals surface area contributed by atoms with Crippen molar-refractivity contribution in [2.24, 2.45) is 0 Å². The molecule has 0 radical (unpaired) electrons. The Morgan fingerprint density at radius 2 is 0.837 bits per heavy atom. The van der Waals surface area contributed by atoms with E-state index in [1.165, 1.54) is 48.5 Å². The van der Waals surface area contributed by atoms with Crippen LogP contribution in [0.15, 0.2) is 112 Å². The van der Waals surface area contributed by atoms with E-state index < -0.39 is 42.6 Å². The third kappa shape index (κ3) is 9.64. The second-order valence-corrected chi connectivity index (χ2v) is 14.5. The van der Waals surface area contributed by atoms with Crippen LogP contribution >= 0.6 is 0 Å². The average molecular weight is 646 g/mol. The summed E-state index contributed by atoms with van der Waals surface area (Å²) in [6, 6.07) is 25.2. The summed E-state index contributed by atoms with van der Waals surface area (Å²) < 4.78 is 80.4. The monoisotopic (exact) mass is 645 g/mol. The van der Waals surface area contributed by atoms with Gasteiger partial charge in [0.1, 0.15) is 6.54 Å². The number of aryl methyl sites for hydroxylation is 3. The van der Waals surface area contributed by atoms with Gasteiger partial charge in [0.15, 0.2) is 0 Å². The Bertz CT molecular complexity index is 1790. The predicted molar refractivity (Wildman–Crippen MR) is 164 cm³/mol. The van der Waals surface area contributed by atoms with E-state index in [0.29, 0.717) is 0 Å². The van der Waals surface area contributed by atoms with Crippen LogP contribution in [0.4, 0.5) is 11.4 Å². The maximum absolute atomic E-state index is 12.6. The molecule has 14 heteroatoms. The first kappa shape index (κ1) is 33.3. The molecule has 11 nitrogen and oxygen atoms in total. The van der Waals surface area contributed by atoms with Crippen LogP contribution in [0.3, 0.4) is 0 Å². The van der Waals surface area contributed by atoms with E-state index in [9.17, 15) is 30.0 Å². The topological polar surface area (TPSA) is 176 Å². The number of hydrogen-bond donors (Lipinski definition) is 4. The fraction of sp³-hybridized carbons (Fsp3) is 0.138. The number of para-hydroxylation sites is 2. The van der Waals surface area contributed by atoms with Gasteiger partial charge in [-0.05, 0) is 69.3 Å². The molecule has 0 unspecified atom stereocenters. The molecule has 4 aromatic rings. The van der Waals surface area contributed by atoms with Gasteiger partial charge in [-0.1, -0.05) is 65.2 Å². The van der Waals surface area contributed by atoms with Gasteiger partial charge in [0.25, 0.3) is 20.0 Å². The average Bonchev–Trinajstić information content (AvgIpc) is 2.94. The van der Waals surface area contributed by atoms with Crippen LogP contribution in [-0.4, -0.2) is 42.9 Å². The van der Waals surface area contributed by atoms with Crippen LogP contribution in [0.5, 0.6) is 0 Å². The van der Waals surface area contributed by atoms with Crippen LogP contribution in [0.25, 0.3) is 0 Å². The molecule has 0 amide bonds. The number of rotatable bonds is 10. The lowest BCUT2D eigenvalue weighted by Crippen LogP contribution is -2.29. The third-order valence-electron chi connectivity index (χ3n) is 5.82. The Kier molecular flexibility index (Phi) is 10.7. The van der Waals surface area contributed by atoms with Gasteiger partial charge < -0.3 is 5.11 Å². The number of benzene rings is 4. The summed E-state index contributed by atoms with van der Waals surface area (Å²) in [5, 5.41) is 8.34. The minimum atomic E-state index is -3.86. The van der Waals surface area contributed by atoms with Crippen LogP contribution in [0.2, 0.25) is 0 Å². The summed E-state index contributed by atoms with van der Waals surface area (Å²) in [7, 11) is -11.4. The molecule has 4 rings (SSSR count). The van der Waals surface area contributed by atoms with E-state index in [-0.39, 0.29) is 26.1 Å². The van der Waals surface area contributed by atoms with E-state index >= 15 is 0 Å². The fourth-order valence-corrected chi connectivity index (χ4v) is 6.59. The minimum absolute atomic E-state index is 0.0642. The SMILES string of the molecule is Cc1ccc(S(=O)(=O)NCC(=O)O)cc1.Cc1ccc(S(=O)(=O)Nc2ccccc2NS(=O)(=O)c2ccc(C)cc2)cc1. The van der Waals surface area contributed by atoms with Gasteiger partial charge in [-0.15, -0.1) is 0 Å². The standard InChI is InChI=1S/C20H20N2O4S2.C9H11NO4S/c1-15-7-11-17(12-8-15)27(23,24)21-19-5-3-4-6-20(19)22-28(25,26)18-13-9-16(2)10-14-18;1-7-2-4-8(5-3-7)15(13,14)10-6-9(11)12/h3-14,21-22H,1-2H3;2-5,10H,6H2,1H3,(H,11,12). The molecule has 228 valence electrons. The number of carboxylic acid groups (broad SMARTS) is 1. The molecule has 0 spiro atoms. The number of hydrogen-bond acceptors (Lipinski definition) is 7. The van der Waals surface area contributed by atoms with Crippen molar-refractivity contribution in [3.05, 3.63) is 114 Å². The molecule has 4 aromatic carbocycles. The Labute approximate surface area is 251 Å². The van der Waals surface area contributed by atoms with Crippen LogP contribution < -0.4 is 14.2 Å². The Morgan fingerprint density at radius 3 is 1.14 bits per heavy atom. The molecule has 0 atom stereocenters. The van der Waals surface area contributed by atoms with E-state index in [1.807, 2.05) is 25.5 Å². The molecule has 0 aliphatic rings. The highest BCUT2D eigenvalue weighted by molar-refractivity contribution is 7.93. The van der Waals surface area contributed by atoms with E-state index in [4.69, 9.17) is 5.11 Å². The molecular formula is C29H31N3O8S3. The summed E-state index contributed by atoms with van der Waals surface area (Å²) in [6.07, 6.45) is 0. The zero-order valence-electron chi connectivity index (χ0n) is 23.5. The van der Waals surface area contributed by atoms with Crippen molar-refractivity contribution in [1.29, 1.82) is 0 Å². The maximum atomic E-state index is 12.6. The van der Waals surface area contributed by atoms with Crippen LogP contribution in [0, 0.1) is 20.8 Å². The molecule has 0 saturated carbocycles. The van der Waals surface area contributed by atoms with Crippen molar-refractivity contribution >= 4 is 47.4 Å². The second kappa shape index (κ2) is 13.8. The first-order valence-corrected chi connectivity index (χ1v) is 17.1. The first-order chi connectivity index (χ1) is 20.1. The number of aliphatic carboxylic acids is 1. The lowest BCUT2D eigenvalue weighted by Gasteiger charge is -2.15. The third-order valence-corrected chi connectivity index (χ3v) is 10.0. The molecule has 0 saturated heterocycles. The van der Waals surface area contributed by atoms with Crippen molar-refractivity contribution in [3.8, 4) is 0 Å². The summed E-state index contributed by atoms with van der Waals surface area (Å²) in [5.74, 6) is -1.22. The predicted octanol–water partition coefficient (Wildman–Crippen LogP) is 4.26. The van der Waals surface area contributed by atoms with Crippen molar-refractivity contribution in [2.75, 3.05) is 16.0 Å². The van der Waals surface area contributed by atoms with E-state index in [0.717, 1.165) is 16.7 Å². The van der Waals surface area contributed by atoms with Gasteiger partial charge in [0, 0.05) is 0 Å². The summed E-state index contributed by atoms with van der Waals surface area (Å²) in [4.78, 5) is 10.5. The summed E-state index contributed by atoms with van der Waals surface area (Å²) in [5.41, 5.74) is 3.08. The highest BCUT2D eigenvalue weighted by atomic mass is 32.2. The quantitative estimate of drug-likeness (QED) is 0.198. The second-order valence-electron chi connectivity index (χ2n) is 9.41. The molecule has 0 bridgehead atoms. The number of sulfonamides is 3. The molecular weight excluding hydrogens is 615 g/mol. The lowest BCUT2D eigenvalue weighted by molar-refractivity contribution is -0.135. The molecule has 0 fully saturated rings. The van der Waals surface area contributed by atoms with Crippen molar-refractivity contribution in [3.63, 3.8) is 0 Å². The van der Waals surface area contributed by atoms with E-state index in [2.05, 4.69) is 9.44 Å². The van der Waals surface area contributed by atoms with Gasteiger partial charge in [-0.2, -0.15) is 4.72 Å². The zero-order chi connectivity index (χ0) is 31.8. The lowest BCUT2D eigenvalue weighted by atomic mass is 10.2. The summed E-state index contributed by atoms with van der Waals surface area (Å²) in [6.45, 7) is 4.94. The normalized spacial score (nSPS) is 11.6. The minimum Gasteiger partial charge on any atom is -0.480 e. The molecule has 4 N–H and O–H groups in total. The molecule has 0 heterocycles. The fourth-order valence-electron chi connectivity index (χ4n) is 3.46. The number of carboxylic acids is 1. The highest BCUT2D eigenvalue weighted by Crippen LogP contribution is 2.27. The number of anilines is 2. The largest absolute Gasteiger partial charge is 0.480 e. The molecule has 0 aliphatic carbocycles. The van der Waals surface area contributed by atoms with Gasteiger partial charge in [0.2, 0.25) is 10.0 Å². The van der Waals surface area contributed by atoms with Crippen molar-refractivity contribution in [2.45, 2.75) is 35.5 Å². The van der Waals surface area contributed by atoms with Crippen molar-refractivity contribution in [1.82, 2.24) is 4.72 Å². The van der Waals surface area contributed by atoms with Gasteiger partial charge >= 0.3 is 5.97 Å². The Morgan fingerprint density at radius 1 is 0.535 bits per heavy atom. The number of nitrogens with one attached hydrogen (secondary N) is 3. The van der Waals surface area contributed by atoms with E-state index in [1.54, 1.807) is 48.5 Å². The Balaban J connectivity index is 0.000000285. The molecule has 43 heavy (non-hydrogen) atoms. The van der Waals surface area contributed by atoms with Gasteiger partial charge in [-0.3, -0.25) is 14.2 Å². The zero-order valence-corrected chi connectivity index (χ0v) is 25.9. The van der Waals surface area contributed by atoms with Crippen LogP contribution in [0.1, 0.15) is 16.7 Å². The van der Waals surface area contributed by atoms with Crippen molar-refractivity contribution < 1.29 is 35.2 Å². The molecule has 0 aliphatic heterocycles. The van der Waals surface area contributed by atoms with Gasteiger partial charge in [-0.25, -0.2) is 25.3 Å². The smallest absolute Gasteiger partial charge is 0.318 e. The van der Waals surface area contributed by atoms with Gasteiger partial charge in [0.05, 0.1) is 26.1 Å². The van der Waals surface area contributed by atoms with Crippen LogP contribution in [-0.2, 0) is 34.9 Å². The Hall–Kier alpha value is -4.24. The number of carbonyl (C=O) groups is 1.